The lowest BCUT2D eigenvalue weighted by Crippen LogP contribution is -2.34. The molecule has 0 heterocycles. The number of carbonyl (C=O) groups is 1. The van der Waals surface area contributed by atoms with Crippen LogP contribution in [-0.4, -0.2) is 30.4 Å². The first-order valence-corrected chi connectivity index (χ1v) is 9.97. The highest BCUT2D eigenvalue weighted by Gasteiger charge is 2.43. The smallest absolute Gasteiger partial charge is 0.345 e. The lowest BCUT2D eigenvalue weighted by molar-refractivity contribution is -0.154. The summed E-state index contributed by atoms with van der Waals surface area (Å²) in [5.74, 6) is -0.618. The molecule has 1 aromatic carbocycles. The molecule has 1 aromatic rings. The van der Waals surface area contributed by atoms with Crippen LogP contribution in [0, 0.1) is 0 Å². The summed E-state index contributed by atoms with van der Waals surface area (Å²) < 4.78 is 29.3. The van der Waals surface area contributed by atoms with Crippen molar-refractivity contribution < 1.29 is 23.1 Å². The predicted octanol–water partition coefficient (Wildman–Crippen LogP) is 4.86. The molecule has 0 bridgehead atoms. The van der Waals surface area contributed by atoms with Crippen molar-refractivity contribution in [2.24, 2.45) is 0 Å². The summed E-state index contributed by atoms with van der Waals surface area (Å²) in [4.78, 5) is 12.7. The highest BCUT2D eigenvalue weighted by molar-refractivity contribution is 7.55. The molecule has 0 aromatic heterocycles. The number of benzene rings is 1. The van der Waals surface area contributed by atoms with E-state index in [1.165, 1.54) is 0 Å². The van der Waals surface area contributed by atoms with Crippen LogP contribution in [0.3, 0.4) is 0 Å². The van der Waals surface area contributed by atoms with E-state index in [0.29, 0.717) is 10.6 Å². The summed E-state index contributed by atoms with van der Waals surface area (Å²) in [6, 6.07) is 7.09. The zero-order chi connectivity index (χ0) is 18.4. The number of esters is 1. The Bertz CT molecular complexity index is 587. The molecule has 1 atom stereocenters. The van der Waals surface area contributed by atoms with Crippen LogP contribution < -0.4 is 0 Å². The molecule has 0 saturated carbocycles. The van der Waals surface area contributed by atoms with Crippen LogP contribution in [0.25, 0.3) is 0 Å². The van der Waals surface area contributed by atoms with E-state index in [9.17, 15) is 9.36 Å². The van der Waals surface area contributed by atoms with E-state index in [1.54, 1.807) is 58.9 Å². The number of hydrogen-bond donors (Lipinski definition) is 0. The Hall–Kier alpha value is -0.870. The van der Waals surface area contributed by atoms with Crippen LogP contribution in [0.5, 0.6) is 0 Å². The van der Waals surface area contributed by atoms with Crippen molar-refractivity contribution >= 4 is 25.2 Å². The molecule has 0 saturated heterocycles. The molecule has 0 amide bonds. The first-order valence-electron chi connectivity index (χ1n) is 7.98. The summed E-state index contributed by atoms with van der Waals surface area (Å²) in [6.45, 7) is 9.00. The van der Waals surface area contributed by atoms with Gasteiger partial charge in [-0.15, -0.1) is 0 Å². The number of halogens is 1. The fourth-order valence-corrected chi connectivity index (χ4v) is 4.24. The van der Waals surface area contributed by atoms with Crippen molar-refractivity contribution in [3.63, 3.8) is 0 Å². The number of rotatable bonds is 8. The van der Waals surface area contributed by atoms with Crippen LogP contribution in [0.1, 0.15) is 40.2 Å². The quantitative estimate of drug-likeness (QED) is 0.479. The Morgan fingerprint density at radius 1 is 1.17 bits per heavy atom. The van der Waals surface area contributed by atoms with E-state index < -0.39 is 24.8 Å². The molecular formula is C17H26ClO5P. The van der Waals surface area contributed by atoms with Crippen LogP contribution in [0.2, 0.25) is 5.02 Å². The molecule has 0 aliphatic rings. The highest BCUT2D eigenvalue weighted by Crippen LogP contribution is 2.55. The molecule has 0 fully saturated rings. The molecule has 0 spiro atoms. The highest BCUT2D eigenvalue weighted by atomic mass is 35.5. The zero-order valence-corrected chi connectivity index (χ0v) is 16.5. The van der Waals surface area contributed by atoms with Gasteiger partial charge in [0.2, 0.25) is 0 Å². The zero-order valence-electron chi connectivity index (χ0n) is 14.9. The summed E-state index contributed by atoms with van der Waals surface area (Å²) in [6.07, 6.45) is 0.117. The normalized spacial score (nSPS) is 13.6. The fraction of sp³-hybridized carbons (Fsp3) is 0.588. The standard InChI is InChI=1S/C17H26ClO5P/c1-6-21-24(20,22-7-2)15(16(19)23-17(3,4)5)12-13-10-8-9-11-14(13)18/h8-11,15H,6-7,12H2,1-5H3. The molecule has 136 valence electrons. The van der Waals surface area contributed by atoms with Gasteiger partial charge in [0.05, 0.1) is 13.2 Å². The molecule has 24 heavy (non-hydrogen) atoms. The molecule has 5 nitrogen and oxygen atoms in total. The second kappa shape index (κ2) is 9.00. The Balaban J connectivity index is 3.22. The minimum Gasteiger partial charge on any atom is -0.459 e. The Labute approximate surface area is 149 Å². The lowest BCUT2D eigenvalue weighted by Gasteiger charge is -2.28. The summed E-state index contributed by atoms with van der Waals surface area (Å²) >= 11 is 6.19. The first kappa shape index (κ1) is 21.2. The van der Waals surface area contributed by atoms with Gasteiger partial charge >= 0.3 is 13.6 Å². The molecule has 1 rings (SSSR count). The average Bonchev–Trinajstić information content (AvgIpc) is 2.44. The van der Waals surface area contributed by atoms with Crippen LogP contribution >= 0.6 is 19.2 Å². The van der Waals surface area contributed by atoms with Crippen molar-refractivity contribution in [3.05, 3.63) is 34.9 Å². The first-order chi connectivity index (χ1) is 11.1. The Kier molecular flexibility index (Phi) is 7.94. The molecule has 0 N–H and O–H groups in total. The molecular weight excluding hydrogens is 351 g/mol. The van der Waals surface area contributed by atoms with E-state index >= 15 is 0 Å². The maximum Gasteiger partial charge on any atom is 0.345 e. The van der Waals surface area contributed by atoms with Crippen LogP contribution in [0.4, 0.5) is 0 Å². The van der Waals surface area contributed by atoms with Crippen molar-refractivity contribution in [3.8, 4) is 0 Å². The minimum absolute atomic E-state index is 0.117. The van der Waals surface area contributed by atoms with E-state index in [-0.39, 0.29) is 19.6 Å². The van der Waals surface area contributed by atoms with Crippen LogP contribution in [-0.2, 0) is 29.6 Å². The van der Waals surface area contributed by atoms with Crippen molar-refractivity contribution in [2.75, 3.05) is 13.2 Å². The second-order valence-electron chi connectivity index (χ2n) is 6.22. The van der Waals surface area contributed by atoms with E-state index in [2.05, 4.69) is 0 Å². The van der Waals surface area contributed by atoms with Crippen LogP contribution in [0.15, 0.2) is 24.3 Å². The average molecular weight is 377 g/mol. The van der Waals surface area contributed by atoms with Gasteiger partial charge < -0.3 is 13.8 Å². The van der Waals surface area contributed by atoms with Gasteiger partial charge in [-0.25, -0.2) is 0 Å². The number of carbonyl (C=O) groups excluding carboxylic acids is 1. The van der Waals surface area contributed by atoms with Gasteiger partial charge in [0, 0.05) is 5.02 Å². The summed E-state index contributed by atoms with van der Waals surface area (Å²) in [5, 5.41) is 0.491. The maximum atomic E-state index is 13.2. The summed E-state index contributed by atoms with van der Waals surface area (Å²) in [7, 11) is -3.69. The minimum atomic E-state index is -3.69. The molecule has 0 radical (unpaired) electrons. The Morgan fingerprint density at radius 3 is 2.17 bits per heavy atom. The second-order valence-corrected chi connectivity index (χ2v) is 8.85. The largest absolute Gasteiger partial charge is 0.459 e. The lowest BCUT2D eigenvalue weighted by atomic mass is 10.1. The fourth-order valence-electron chi connectivity index (χ4n) is 2.14. The molecule has 0 aliphatic carbocycles. The van der Waals surface area contributed by atoms with Gasteiger partial charge in [-0.05, 0) is 52.7 Å². The van der Waals surface area contributed by atoms with Gasteiger partial charge in [-0.2, -0.15) is 0 Å². The molecule has 7 heteroatoms. The molecule has 0 aliphatic heterocycles. The van der Waals surface area contributed by atoms with E-state index in [4.69, 9.17) is 25.4 Å². The molecule has 1 unspecified atom stereocenters. The third-order valence-corrected chi connectivity index (χ3v) is 5.81. The van der Waals surface area contributed by atoms with Crippen molar-refractivity contribution in [1.29, 1.82) is 0 Å². The van der Waals surface area contributed by atoms with E-state index in [1.807, 2.05) is 0 Å². The van der Waals surface area contributed by atoms with Crippen molar-refractivity contribution in [2.45, 2.75) is 52.3 Å². The van der Waals surface area contributed by atoms with E-state index in [0.717, 1.165) is 0 Å². The van der Waals surface area contributed by atoms with Gasteiger partial charge in [0.1, 0.15) is 5.60 Å². The summed E-state index contributed by atoms with van der Waals surface area (Å²) in [5.41, 5.74) is -1.09. The van der Waals surface area contributed by atoms with Gasteiger partial charge in [-0.1, -0.05) is 29.8 Å². The third kappa shape index (κ3) is 6.21. The maximum absolute atomic E-state index is 13.2. The SMILES string of the molecule is CCOP(=O)(OCC)C(Cc1ccccc1Cl)C(=O)OC(C)(C)C. The van der Waals surface area contributed by atoms with Gasteiger partial charge in [-0.3, -0.25) is 9.36 Å². The monoisotopic (exact) mass is 376 g/mol. The Morgan fingerprint density at radius 2 is 1.71 bits per heavy atom. The van der Waals surface area contributed by atoms with Gasteiger partial charge in [0.15, 0.2) is 5.66 Å². The topological polar surface area (TPSA) is 61.8 Å². The predicted molar refractivity (Wildman–Crippen MR) is 95.6 cm³/mol. The number of hydrogen-bond acceptors (Lipinski definition) is 5. The van der Waals surface area contributed by atoms with Gasteiger partial charge in [0.25, 0.3) is 0 Å². The van der Waals surface area contributed by atoms with Crippen molar-refractivity contribution in [1.82, 2.24) is 0 Å². The number of ether oxygens (including phenoxy) is 1. The third-order valence-electron chi connectivity index (χ3n) is 3.05.